The van der Waals surface area contributed by atoms with Gasteiger partial charge in [0, 0.05) is 25.4 Å². The summed E-state index contributed by atoms with van der Waals surface area (Å²) in [4.78, 5) is 12.0. The lowest BCUT2D eigenvalue weighted by Crippen LogP contribution is -2.57. The lowest BCUT2D eigenvalue weighted by molar-refractivity contribution is -0.328. The van der Waals surface area contributed by atoms with Crippen molar-refractivity contribution in [3.05, 3.63) is 0 Å². The number of methoxy groups -OCH3 is 1. The predicted molar refractivity (Wildman–Crippen MR) is 98.4 cm³/mol. The van der Waals surface area contributed by atoms with Crippen LogP contribution in [0.2, 0.25) is 0 Å². The van der Waals surface area contributed by atoms with Gasteiger partial charge in [-0.3, -0.25) is 4.79 Å². The summed E-state index contributed by atoms with van der Waals surface area (Å²) in [6.45, 7) is 6.80. The van der Waals surface area contributed by atoms with E-state index in [1.807, 2.05) is 6.92 Å². The van der Waals surface area contributed by atoms with Gasteiger partial charge < -0.3 is 33.5 Å². The summed E-state index contributed by atoms with van der Waals surface area (Å²) in [5, 5.41) is 10.9. The second-order valence-electron chi connectivity index (χ2n) is 8.09. The number of ether oxygens (including phenoxy) is 6. The molecular formula is C20H34O8. The van der Waals surface area contributed by atoms with Crippen LogP contribution in [0.25, 0.3) is 0 Å². The zero-order valence-corrected chi connectivity index (χ0v) is 17.3. The third-order valence-corrected chi connectivity index (χ3v) is 6.22. The molecule has 8 heteroatoms. The third kappa shape index (κ3) is 4.37. The number of fused-ring (bicyclic) bond motifs is 1. The molecule has 8 atom stereocenters. The fourth-order valence-electron chi connectivity index (χ4n) is 4.70. The normalized spacial score (nSPS) is 43.5. The molecular weight excluding hydrogens is 368 g/mol. The lowest BCUT2D eigenvalue weighted by Gasteiger charge is -2.48. The van der Waals surface area contributed by atoms with Gasteiger partial charge in [-0.05, 0) is 19.8 Å². The van der Waals surface area contributed by atoms with Gasteiger partial charge in [-0.2, -0.15) is 0 Å². The summed E-state index contributed by atoms with van der Waals surface area (Å²) < 4.78 is 34.9. The van der Waals surface area contributed by atoms with E-state index in [9.17, 15) is 9.90 Å². The first-order chi connectivity index (χ1) is 13.4. The first-order valence-electron chi connectivity index (χ1n) is 10.3. The Morgan fingerprint density at radius 3 is 2.75 bits per heavy atom. The van der Waals surface area contributed by atoms with E-state index in [2.05, 4.69) is 6.92 Å². The van der Waals surface area contributed by atoms with E-state index in [-0.39, 0.29) is 37.1 Å². The van der Waals surface area contributed by atoms with Gasteiger partial charge in [0.05, 0.1) is 44.1 Å². The highest BCUT2D eigenvalue weighted by Gasteiger charge is 2.56. The van der Waals surface area contributed by atoms with Crippen LogP contribution in [0.5, 0.6) is 0 Å². The van der Waals surface area contributed by atoms with E-state index in [0.717, 1.165) is 12.8 Å². The largest absolute Gasteiger partial charge is 0.466 e. The fraction of sp³-hybridized carbons (Fsp3) is 0.950. The molecule has 28 heavy (non-hydrogen) atoms. The molecule has 0 aromatic heterocycles. The summed E-state index contributed by atoms with van der Waals surface area (Å²) in [6, 6.07) is 0. The molecule has 162 valence electrons. The van der Waals surface area contributed by atoms with Crippen LogP contribution in [0.15, 0.2) is 0 Å². The SMILES string of the molecule is CCOC(=O)C[C@@H]1O[C@@H]2C[C@H](C)[C@@]3(CCCO3)O[C@H]2[C@@H](OCOC)[C@H](C)[C@H]1O. The molecule has 0 bridgehead atoms. The van der Waals surface area contributed by atoms with Crippen molar-refractivity contribution >= 4 is 5.97 Å². The molecule has 8 nitrogen and oxygen atoms in total. The molecule has 3 aliphatic heterocycles. The number of rotatable bonds is 6. The summed E-state index contributed by atoms with van der Waals surface area (Å²) in [5.41, 5.74) is 0. The first-order valence-corrected chi connectivity index (χ1v) is 10.3. The molecule has 0 aromatic rings. The maximum absolute atomic E-state index is 12.0. The Hall–Kier alpha value is -0.770. The van der Waals surface area contributed by atoms with Gasteiger partial charge in [0.2, 0.25) is 0 Å². The summed E-state index contributed by atoms with van der Waals surface area (Å²) in [6.07, 6.45) is -0.254. The first kappa shape index (κ1) is 21.9. The summed E-state index contributed by atoms with van der Waals surface area (Å²) >= 11 is 0. The monoisotopic (exact) mass is 402 g/mol. The highest BCUT2D eigenvalue weighted by Crippen LogP contribution is 2.46. The molecule has 3 fully saturated rings. The molecule has 1 N–H and O–H groups in total. The van der Waals surface area contributed by atoms with Crippen molar-refractivity contribution in [2.24, 2.45) is 11.8 Å². The number of aliphatic hydroxyl groups is 1. The maximum atomic E-state index is 12.0. The van der Waals surface area contributed by atoms with Crippen LogP contribution in [0, 0.1) is 11.8 Å². The van der Waals surface area contributed by atoms with E-state index >= 15 is 0 Å². The van der Waals surface area contributed by atoms with Crippen molar-refractivity contribution in [1.29, 1.82) is 0 Å². The van der Waals surface area contributed by atoms with Gasteiger partial charge >= 0.3 is 5.97 Å². The van der Waals surface area contributed by atoms with Crippen LogP contribution < -0.4 is 0 Å². The van der Waals surface area contributed by atoms with E-state index < -0.39 is 30.2 Å². The standard InChI is InChI=1S/C20H34O8/c1-5-24-16(21)10-14-17(22)13(3)18(25-11-23-4)19-15(27-14)9-12(2)20(28-19)7-6-8-26-20/h12-15,17-19,22H,5-11H2,1-4H3/t12-,13+,14-,15+,17+,18-,19+,20+/m0/s1. The van der Waals surface area contributed by atoms with Crippen molar-refractivity contribution in [1.82, 2.24) is 0 Å². The Morgan fingerprint density at radius 1 is 1.32 bits per heavy atom. The van der Waals surface area contributed by atoms with E-state index in [1.165, 1.54) is 0 Å². The van der Waals surface area contributed by atoms with Gasteiger partial charge in [0.25, 0.3) is 0 Å². The van der Waals surface area contributed by atoms with Crippen molar-refractivity contribution in [3.8, 4) is 0 Å². The molecule has 1 spiro atoms. The van der Waals surface area contributed by atoms with Crippen LogP contribution in [-0.4, -0.2) is 74.5 Å². The van der Waals surface area contributed by atoms with Crippen molar-refractivity contribution in [3.63, 3.8) is 0 Å². The molecule has 3 aliphatic rings. The quantitative estimate of drug-likeness (QED) is 0.529. The molecule has 0 amide bonds. The summed E-state index contributed by atoms with van der Waals surface area (Å²) in [7, 11) is 1.56. The maximum Gasteiger partial charge on any atom is 0.308 e. The van der Waals surface area contributed by atoms with Crippen LogP contribution in [-0.2, 0) is 33.2 Å². The number of aliphatic hydroxyl groups excluding tert-OH is 1. The van der Waals surface area contributed by atoms with Crippen molar-refractivity contribution in [2.75, 3.05) is 27.1 Å². The number of hydrogen-bond acceptors (Lipinski definition) is 8. The van der Waals surface area contributed by atoms with Gasteiger partial charge in [-0.15, -0.1) is 0 Å². The van der Waals surface area contributed by atoms with Gasteiger partial charge in [-0.25, -0.2) is 0 Å². The second-order valence-corrected chi connectivity index (χ2v) is 8.09. The van der Waals surface area contributed by atoms with Crippen LogP contribution in [0.3, 0.4) is 0 Å². The molecule has 3 heterocycles. The molecule has 3 rings (SSSR count). The number of hydrogen-bond donors (Lipinski definition) is 1. The van der Waals surface area contributed by atoms with Crippen LogP contribution in [0.1, 0.15) is 46.5 Å². The zero-order valence-electron chi connectivity index (χ0n) is 17.3. The Balaban J connectivity index is 1.84. The second kappa shape index (κ2) is 9.36. The third-order valence-electron chi connectivity index (χ3n) is 6.22. The van der Waals surface area contributed by atoms with E-state index in [4.69, 9.17) is 28.4 Å². The fourth-order valence-corrected chi connectivity index (χ4v) is 4.70. The topological polar surface area (TPSA) is 92.7 Å². The molecule has 3 saturated heterocycles. The average Bonchev–Trinajstić information content (AvgIpc) is 3.11. The zero-order chi connectivity index (χ0) is 20.3. The minimum Gasteiger partial charge on any atom is -0.466 e. The minimum absolute atomic E-state index is 0.00438. The molecule has 0 saturated carbocycles. The Bertz CT molecular complexity index is 520. The lowest BCUT2D eigenvalue weighted by atomic mass is 9.82. The molecule has 0 unspecified atom stereocenters. The van der Waals surface area contributed by atoms with Gasteiger partial charge in [-0.1, -0.05) is 13.8 Å². The average molecular weight is 402 g/mol. The Labute approximate surface area is 166 Å². The number of carbonyl (C=O) groups excluding carboxylic acids is 1. The van der Waals surface area contributed by atoms with Gasteiger partial charge in [0.15, 0.2) is 5.79 Å². The molecule has 0 radical (unpaired) electrons. The smallest absolute Gasteiger partial charge is 0.308 e. The van der Waals surface area contributed by atoms with Crippen LogP contribution in [0.4, 0.5) is 0 Å². The summed E-state index contributed by atoms with van der Waals surface area (Å²) in [5.74, 6) is -1.21. The highest BCUT2D eigenvalue weighted by atomic mass is 16.7. The number of esters is 1. The molecule has 0 aliphatic carbocycles. The number of carbonyl (C=O) groups is 1. The van der Waals surface area contributed by atoms with E-state index in [1.54, 1.807) is 14.0 Å². The van der Waals surface area contributed by atoms with Crippen molar-refractivity contribution in [2.45, 2.75) is 82.8 Å². The highest BCUT2D eigenvalue weighted by molar-refractivity contribution is 5.70. The minimum atomic E-state index is -0.892. The Morgan fingerprint density at radius 2 is 2.11 bits per heavy atom. The Kier molecular flexibility index (Phi) is 7.33. The van der Waals surface area contributed by atoms with Crippen LogP contribution >= 0.6 is 0 Å². The molecule has 0 aromatic carbocycles. The predicted octanol–water partition coefficient (Wildman–Crippen LogP) is 1.62. The van der Waals surface area contributed by atoms with Gasteiger partial charge in [0.1, 0.15) is 12.9 Å². The van der Waals surface area contributed by atoms with Crippen molar-refractivity contribution < 1.29 is 38.3 Å². The van der Waals surface area contributed by atoms with E-state index in [0.29, 0.717) is 19.6 Å².